The Bertz CT molecular complexity index is 441. The largest absolute Gasteiger partial charge is 0.493 e. The summed E-state index contributed by atoms with van der Waals surface area (Å²) in [5, 5.41) is 1.10. The molecule has 0 aliphatic carbocycles. The quantitative estimate of drug-likeness (QED) is 0.722. The van der Waals surface area contributed by atoms with Gasteiger partial charge in [0.2, 0.25) is 0 Å². The lowest BCUT2D eigenvalue weighted by Crippen LogP contribution is -1.82. The molecule has 74 valence electrons. The summed E-state index contributed by atoms with van der Waals surface area (Å²) in [6, 6.07) is 7.99. The number of furan rings is 1. The first-order valence-electron chi connectivity index (χ1n) is 4.79. The summed E-state index contributed by atoms with van der Waals surface area (Å²) >= 11 is 0. The number of hydrogen-bond acceptors (Lipinski definition) is 2. The van der Waals surface area contributed by atoms with Crippen LogP contribution in [-0.2, 0) is 0 Å². The lowest BCUT2D eigenvalue weighted by Gasteiger charge is -1.99. The Balaban J connectivity index is 2.64. The second kappa shape index (κ2) is 3.37. The fraction of sp³-hybridized carbons (Fsp3) is 0.333. The van der Waals surface area contributed by atoms with Crippen molar-refractivity contribution in [2.24, 2.45) is 0 Å². The molecule has 0 saturated carbocycles. The number of ether oxygens (including phenoxy) is 1. The van der Waals surface area contributed by atoms with Crippen molar-refractivity contribution in [3.05, 3.63) is 30.0 Å². The Morgan fingerprint density at radius 2 is 2.07 bits per heavy atom. The van der Waals surface area contributed by atoms with Gasteiger partial charge < -0.3 is 9.15 Å². The first kappa shape index (κ1) is 9.13. The van der Waals surface area contributed by atoms with Gasteiger partial charge in [-0.2, -0.15) is 0 Å². The summed E-state index contributed by atoms with van der Waals surface area (Å²) < 4.78 is 11.0. The van der Waals surface area contributed by atoms with E-state index in [-0.39, 0.29) is 0 Å². The van der Waals surface area contributed by atoms with E-state index in [0.29, 0.717) is 5.92 Å². The van der Waals surface area contributed by atoms with Gasteiger partial charge in [-0.25, -0.2) is 0 Å². The summed E-state index contributed by atoms with van der Waals surface area (Å²) in [4.78, 5) is 0. The summed E-state index contributed by atoms with van der Waals surface area (Å²) in [5.74, 6) is 2.21. The average molecular weight is 190 g/mol. The highest BCUT2D eigenvalue weighted by molar-refractivity contribution is 5.83. The minimum absolute atomic E-state index is 0.409. The molecule has 1 aromatic carbocycles. The van der Waals surface area contributed by atoms with E-state index in [9.17, 15) is 0 Å². The fourth-order valence-electron chi connectivity index (χ4n) is 1.50. The molecule has 0 radical (unpaired) electrons. The molecule has 0 aliphatic heterocycles. The molecule has 1 aromatic heterocycles. The zero-order chi connectivity index (χ0) is 10.1. The van der Waals surface area contributed by atoms with Crippen molar-refractivity contribution >= 4 is 11.0 Å². The number of rotatable bonds is 2. The Labute approximate surface area is 83.5 Å². The minimum atomic E-state index is 0.409. The molecule has 0 N–H and O–H groups in total. The van der Waals surface area contributed by atoms with Crippen LogP contribution in [0.1, 0.15) is 25.5 Å². The molecule has 1 heterocycles. The molecule has 0 atom stereocenters. The molecule has 0 aliphatic rings. The van der Waals surface area contributed by atoms with Gasteiger partial charge in [-0.15, -0.1) is 0 Å². The van der Waals surface area contributed by atoms with Crippen molar-refractivity contribution in [3.8, 4) is 5.75 Å². The maximum atomic E-state index is 5.73. The molecule has 0 amide bonds. The molecule has 14 heavy (non-hydrogen) atoms. The van der Waals surface area contributed by atoms with Gasteiger partial charge in [0.05, 0.1) is 7.11 Å². The Hall–Kier alpha value is -1.44. The van der Waals surface area contributed by atoms with Crippen molar-refractivity contribution in [3.63, 3.8) is 0 Å². The number of fused-ring (bicyclic) bond motifs is 1. The number of hydrogen-bond donors (Lipinski definition) is 0. The third kappa shape index (κ3) is 1.37. The second-order valence-electron chi connectivity index (χ2n) is 3.68. The van der Waals surface area contributed by atoms with Crippen LogP contribution in [0.4, 0.5) is 0 Å². The first-order chi connectivity index (χ1) is 6.72. The van der Waals surface area contributed by atoms with Crippen molar-refractivity contribution in [2.45, 2.75) is 19.8 Å². The van der Waals surface area contributed by atoms with E-state index in [1.54, 1.807) is 7.11 Å². The SMILES string of the molecule is COc1cccc2cc(C(C)C)oc12. The minimum Gasteiger partial charge on any atom is -0.493 e. The van der Waals surface area contributed by atoms with E-state index in [1.807, 2.05) is 18.2 Å². The van der Waals surface area contributed by atoms with Gasteiger partial charge in [-0.3, -0.25) is 0 Å². The molecule has 2 heteroatoms. The van der Waals surface area contributed by atoms with Crippen molar-refractivity contribution in [1.29, 1.82) is 0 Å². The molecule has 2 rings (SSSR count). The highest BCUT2D eigenvalue weighted by atomic mass is 16.5. The van der Waals surface area contributed by atoms with Crippen molar-refractivity contribution in [1.82, 2.24) is 0 Å². The summed E-state index contributed by atoms with van der Waals surface area (Å²) in [5.41, 5.74) is 0.846. The van der Waals surface area contributed by atoms with Gasteiger partial charge in [-0.05, 0) is 12.1 Å². The molecule has 2 nitrogen and oxygen atoms in total. The predicted octanol–water partition coefficient (Wildman–Crippen LogP) is 3.56. The summed E-state index contributed by atoms with van der Waals surface area (Å²) in [6.07, 6.45) is 0. The van der Waals surface area contributed by atoms with E-state index in [0.717, 1.165) is 22.5 Å². The van der Waals surface area contributed by atoms with Crippen LogP contribution in [-0.4, -0.2) is 7.11 Å². The molecule has 0 spiro atoms. The Kier molecular flexibility index (Phi) is 2.20. The van der Waals surface area contributed by atoms with Crippen LogP contribution in [0, 0.1) is 0 Å². The fourth-order valence-corrected chi connectivity index (χ4v) is 1.50. The number of methoxy groups -OCH3 is 1. The average Bonchev–Trinajstić information content (AvgIpc) is 2.60. The smallest absolute Gasteiger partial charge is 0.176 e. The van der Waals surface area contributed by atoms with Crippen molar-refractivity contribution < 1.29 is 9.15 Å². The van der Waals surface area contributed by atoms with Gasteiger partial charge >= 0.3 is 0 Å². The summed E-state index contributed by atoms with van der Waals surface area (Å²) in [7, 11) is 1.66. The zero-order valence-electron chi connectivity index (χ0n) is 8.70. The van der Waals surface area contributed by atoms with E-state index < -0.39 is 0 Å². The third-order valence-corrected chi connectivity index (χ3v) is 2.32. The third-order valence-electron chi connectivity index (χ3n) is 2.32. The molecule has 2 aromatic rings. The van der Waals surface area contributed by atoms with E-state index in [4.69, 9.17) is 9.15 Å². The van der Waals surface area contributed by atoms with Crippen LogP contribution in [0.25, 0.3) is 11.0 Å². The molecule has 0 fully saturated rings. The monoisotopic (exact) mass is 190 g/mol. The van der Waals surface area contributed by atoms with Gasteiger partial charge in [-0.1, -0.05) is 26.0 Å². The van der Waals surface area contributed by atoms with E-state index >= 15 is 0 Å². The number of benzene rings is 1. The Morgan fingerprint density at radius 1 is 1.29 bits per heavy atom. The highest BCUT2D eigenvalue weighted by Gasteiger charge is 2.10. The van der Waals surface area contributed by atoms with Gasteiger partial charge in [0.15, 0.2) is 11.3 Å². The molecule has 0 saturated heterocycles. The van der Waals surface area contributed by atoms with Crippen LogP contribution >= 0.6 is 0 Å². The topological polar surface area (TPSA) is 22.4 Å². The lowest BCUT2D eigenvalue weighted by atomic mass is 10.1. The maximum absolute atomic E-state index is 5.73. The number of para-hydroxylation sites is 1. The van der Waals surface area contributed by atoms with Crippen LogP contribution in [0.5, 0.6) is 5.75 Å². The van der Waals surface area contributed by atoms with Crippen LogP contribution < -0.4 is 4.74 Å². The molecule has 0 bridgehead atoms. The first-order valence-corrected chi connectivity index (χ1v) is 4.79. The standard InChI is InChI=1S/C12H14O2/c1-8(2)11-7-9-5-4-6-10(13-3)12(9)14-11/h4-8H,1-3H3. The predicted molar refractivity (Wildman–Crippen MR) is 56.9 cm³/mol. The summed E-state index contributed by atoms with van der Waals surface area (Å²) in [6.45, 7) is 4.23. The van der Waals surface area contributed by atoms with E-state index in [2.05, 4.69) is 19.9 Å². The Morgan fingerprint density at radius 3 is 2.71 bits per heavy atom. The van der Waals surface area contributed by atoms with E-state index in [1.165, 1.54) is 0 Å². The highest BCUT2D eigenvalue weighted by Crippen LogP contribution is 2.31. The van der Waals surface area contributed by atoms with Gasteiger partial charge in [0.1, 0.15) is 5.76 Å². The maximum Gasteiger partial charge on any atom is 0.176 e. The molecular weight excluding hydrogens is 176 g/mol. The van der Waals surface area contributed by atoms with Gasteiger partial charge in [0, 0.05) is 11.3 Å². The molecule has 0 unspecified atom stereocenters. The molecular formula is C12H14O2. The van der Waals surface area contributed by atoms with Gasteiger partial charge in [0.25, 0.3) is 0 Å². The second-order valence-corrected chi connectivity index (χ2v) is 3.68. The van der Waals surface area contributed by atoms with Crippen LogP contribution in [0.2, 0.25) is 0 Å². The van der Waals surface area contributed by atoms with Crippen molar-refractivity contribution in [2.75, 3.05) is 7.11 Å². The zero-order valence-corrected chi connectivity index (χ0v) is 8.70. The van der Waals surface area contributed by atoms with Crippen LogP contribution in [0.15, 0.2) is 28.7 Å². The van der Waals surface area contributed by atoms with Crippen LogP contribution in [0.3, 0.4) is 0 Å². The lowest BCUT2D eigenvalue weighted by molar-refractivity contribution is 0.406. The normalized spacial score (nSPS) is 11.1.